The Bertz CT molecular complexity index is 666. The molecule has 3 N–H and O–H groups in total. The first-order valence-electron chi connectivity index (χ1n) is 6.03. The van der Waals surface area contributed by atoms with Crippen LogP contribution in [0.5, 0.6) is 0 Å². The van der Waals surface area contributed by atoms with Crippen molar-refractivity contribution in [2.24, 2.45) is 5.73 Å². The molecule has 0 spiro atoms. The Labute approximate surface area is 121 Å². The van der Waals surface area contributed by atoms with E-state index < -0.39 is 10.0 Å². The highest BCUT2D eigenvalue weighted by Crippen LogP contribution is 2.19. The number of hydrogen-bond acceptors (Lipinski definition) is 4. The maximum Gasteiger partial charge on any atom is 0.250 e. The van der Waals surface area contributed by atoms with E-state index in [1.807, 2.05) is 0 Å². The van der Waals surface area contributed by atoms with Gasteiger partial charge in [0.1, 0.15) is 10.0 Å². The van der Waals surface area contributed by atoms with Crippen LogP contribution in [-0.4, -0.2) is 15.0 Å². The highest BCUT2D eigenvalue weighted by Gasteiger charge is 2.15. The molecule has 2 aromatic rings. The van der Waals surface area contributed by atoms with E-state index in [0.717, 1.165) is 22.5 Å². The summed E-state index contributed by atoms with van der Waals surface area (Å²) in [4.78, 5) is 0. The SMILES string of the molecule is NCc1csc(S(=O)(=O)NCCc2ccc(F)cc2)c1. The van der Waals surface area contributed by atoms with E-state index in [1.165, 1.54) is 12.1 Å². The van der Waals surface area contributed by atoms with E-state index in [4.69, 9.17) is 5.73 Å². The maximum atomic E-state index is 12.7. The Morgan fingerprint density at radius 2 is 1.90 bits per heavy atom. The molecule has 0 aliphatic heterocycles. The average Bonchev–Trinajstić information content (AvgIpc) is 2.90. The Balaban J connectivity index is 1.94. The minimum atomic E-state index is -3.49. The van der Waals surface area contributed by atoms with Gasteiger partial charge in [0.25, 0.3) is 0 Å². The summed E-state index contributed by atoms with van der Waals surface area (Å²) in [5.74, 6) is -0.303. The Hall–Kier alpha value is -1.28. The zero-order valence-electron chi connectivity index (χ0n) is 10.7. The van der Waals surface area contributed by atoms with Crippen LogP contribution in [0.4, 0.5) is 4.39 Å². The molecule has 0 saturated carbocycles. The molecule has 0 saturated heterocycles. The van der Waals surface area contributed by atoms with Gasteiger partial charge in [-0.3, -0.25) is 0 Å². The lowest BCUT2D eigenvalue weighted by atomic mass is 10.1. The number of halogens is 1. The highest BCUT2D eigenvalue weighted by atomic mass is 32.2. The highest BCUT2D eigenvalue weighted by molar-refractivity contribution is 7.91. The maximum absolute atomic E-state index is 12.7. The van der Waals surface area contributed by atoms with Crippen molar-refractivity contribution in [3.63, 3.8) is 0 Å². The zero-order chi connectivity index (χ0) is 14.6. The molecule has 108 valence electrons. The molecule has 0 atom stereocenters. The number of sulfonamides is 1. The van der Waals surface area contributed by atoms with Crippen molar-refractivity contribution in [1.29, 1.82) is 0 Å². The van der Waals surface area contributed by atoms with Crippen molar-refractivity contribution >= 4 is 21.4 Å². The fraction of sp³-hybridized carbons (Fsp3) is 0.231. The summed E-state index contributed by atoms with van der Waals surface area (Å²) in [5, 5.41) is 1.73. The Morgan fingerprint density at radius 1 is 1.20 bits per heavy atom. The van der Waals surface area contributed by atoms with Gasteiger partial charge in [-0.25, -0.2) is 17.5 Å². The van der Waals surface area contributed by atoms with Gasteiger partial charge in [0.05, 0.1) is 0 Å². The van der Waals surface area contributed by atoms with Crippen molar-refractivity contribution in [3.8, 4) is 0 Å². The van der Waals surface area contributed by atoms with Gasteiger partial charge in [0, 0.05) is 13.1 Å². The molecule has 0 bridgehead atoms. The van der Waals surface area contributed by atoms with Crippen LogP contribution in [0.25, 0.3) is 0 Å². The van der Waals surface area contributed by atoms with Gasteiger partial charge >= 0.3 is 0 Å². The molecule has 0 radical (unpaired) electrons. The van der Waals surface area contributed by atoms with Crippen molar-refractivity contribution in [3.05, 3.63) is 52.7 Å². The summed E-state index contributed by atoms with van der Waals surface area (Å²) < 4.78 is 39.5. The third-order valence-corrected chi connectivity index (χ3v) is 5.70. The van der Waals surface area contributed by atoms with E-state index in [9.17, 15) is 12.8 Å². The Kier molecular flexibility index (Phi) is 4.87. The fourth-order valence-electron chi connectivity index (χ4n) is 1.65. The lowest BCUT2D eigenvalue weighted by Crippen LogP contribution is -2.25. The zero-order valence-corrected chi connectivity index (χ0v) is 12.3. The minimum Gasteiger partial charge on any atom is -0.326 e. The van der Waals surface area contributed by atoms with Gasteiger partial charge in [-0.05, 0) is 41.1 Å². The van der Waals surface area contributed by atoms with Crippen molar-refractivity contribution in [1.82, 2.24) is 4.72 Å². The van der Waals surface area contributed by atoms with Gasteiger partial charge in [-0.1, -0.05) is 12.1 Å². The van der Waals surface area contributed by atoms with Crippen LogP contribution in [0, 0.1) is 5.82 Å². The van der Waals surface area contributed by atoms with Crippen molar-refractivity contribution in [2.75, 3.05) is 6.54 Å². The summed E-state index contributed by atoms with van der Waals surface area (Å²) >= 11 is 1.15. The smallest absolute Gasteiger partial charge is 0.250 e. The second kappa shape index (κ2) is 6.45. The summed E-state index contributed by atoms with van der Waals surface area (Å²) in [6.45, 7) is 0.589. The number of rotatable bonds is 6. The average molecular weight is 314 g/mol. The standard InChI is InChI=1S/C13H15FN2O2S2/c14-12-3-1-10(2-4-12)5-6-16-20(17,18)13-7-11(8-15)9-19-13/h1-4,7,9,16H,5-6,8,15H2. The van der Waals surface area contributed by atoms with Gasteiger partial charge < -0.3 is 5.73 Å². The molecule has 0 aliphatic carbocycles. The molecular formula is C13H15FN2O2S2. The van der Waals surface area contributed by atoms with Gasteiger partial charge in [0.15, 0.2) is 0 Å². The van der Waals surface area contributed by atoms with Crippen LogP contribution >= 0.6 is 11.3 Å². The van der Waals surface area contributed by atoms with Crippen molar-refractivity contribution < 1.29 is 12.8 Å². The number of nitrogens with one attached hydrogen (secondary N) is 1. The first-order chi connectivity index (χ1) is 9.51. The van der Waals surface area contributed by atoms with Crippen LogP contribution in [0.15, 0.2) is 39.9 Å². The van der Waals surface area contributed by atoms with E-state index in [2.05, 4.69) is 4.72 Å². The molecule has 4 nitrogen and oxygen atoms in total. The number of thiophene rings is 1. The van der Waals surface area contributed by atoms with Gasteiger partial charge in [-0.2, -0.15) is 0 Å². The number of hydrogen-bond donors (Lipinski definition) is 2. The summed E-state index contributed by atoms with van der Waals surface area (Å²) in [5.41, 5.74) is 7.13. The third-order valence-electron chi connectivity index (χ3n) is 2.75. The van der Waals surface area contributed by atoms with Gasteiger partial charge in [0.2, 0.25) is 10.0 Å². The second-order valence-electron chi connectivity index (χ2n) is 4.25. The van der Waals surface area contributed by atoms with Crippen LogP contribution in [-0.2, 0) is 23.0 Å². The molecule has 0 aliphatic rings. The molecule has 7 heteroatoms. The molecule has 1 aromatic heterocycles. The number of nitrogens with two attached hydrogens (primary N) is 1. The largest absolute Gasteiger partial charge is 0.326 e. The molecule has 1 heterocycles. The lowest BCUT2D eigenvalue weighted by Gasteiger charge is -2.05. The van der Waals surface area contributed by atoms with Gasteiger partial charge in [-0.15, -0.1) is 11.3 Å². The van der Waals surface area contributed by atoms with E-state index in [-0.39, 0.29) is 16.6 Å². The predicted octanol–water partition coefficient (Wildman–Crippen LogP) is 1.87. The van der Waals surface area contributed by atoms with E-state index in [0.29, 0.717) is 13.0 Å². The topological polar surface area (TPSA) is 72.2 Å². The summed E-state index contributed by atoms with van der Waals surface area (Å²) in [7, 11) is -3.49. The molecule has 1 aromatic carbocycles. The first-order valence-corrected chi connectivity index (χ1v) is 8.39. The minimum absolute atomic E-state index is 0.261. The third kappa shape index (κ3) is 3.86. The van der Waals surface area contributed by atoms with E-state index in [1.54, 1.807) is 23.6 Å². The first kappa shape index (κ1) is 15.1. The van der Waals surface area contributed by atoms with Crippen LogP contribution in [0.2, 0.25) is 0 Å². The lowest BCUT2D eigenvalue weighted by molar-refractivity contribution is 0.583. The molecular weight excluding hydrogens is 299 g/mol. The normalized spacial score (nSPS) is 11.7. The molecule has 2 rings (SSSR count). The number of benzene rings is 1. The summed E-state index contributed by atoms with van der Waals surface area (Å²) in [6, 6.07) is 7.57. The van der Waals surface area contributed by atoms with E-state index >= 15 is 0 Å². The molecule has 0 unspecified atom stereocenters. The Morgan fingerprint density at radius 3 is 2.50 bits per heavy atom. The predicted molar refractivity (Wildman–Crippen MR) is 77.5 cm³/mol. The molecule has 0 amide bonds. The molecule has 20 heavy (non-hydrogen) atoms. The summed E-state index contributed by atoms with van der Waals surface area (Å²) in [6.07, 6.45) is 0.509. The quantitative estimate of drug-likeness (QED) is 0.855. The van der Waals surface area contributed by atoms with Crippen LogP contribution in [0.3, 0.4) is 0 Å². The monoisotopic (exact) mass is 314 g/mol. The van der Waals surface area contributed by atoms with Crippen LogP contribution < -0.4 is 10.5 Å². The molecule has 0 fully saturated rings. The van der Waals surface area contributed by atoms with Crippen LogP contribution in [0.1, 0.15) is 11.1 Å². The van der Waals surface area contributed by atoms with Crippen molar-refractivity contribution in [2.45, 2.75) is 17.2 Å². The fourth-order valence-corrected chi connectivity index (χ4v) is 3.95. The second-order valence-corrected chi connectivity index (χ2v) is 7.16.